The second kappa shape index (κ2) is 7.63. The predicted molar refractivity (Wildman–Crippen MR) is 61.9 cm³/mol. The van der Waals surface area contributed by atoms with Crippen LogP contribution in [0.3, 0.4) is 0 Å². The summed E-state index contributed by atoms with van der Waals surface area (Å²) in [5.41, 5.74) is 0. The Balaban J connectivity index is 4.47. The number of hydrogen-bond donors (Lipinski definition) is 2. The van der Waals surface area contributed by atoms with E-state index in [-0.39, 0.29) is 5.92 Å². The van der Waals surface area contributed by atoms with Gasteiger partial charge in [-0.25, -0.2) is 0 Å². The molecule has 0 aromatic rings. The number of hydrogen-bond acceptors (Lipinski definition) is 4. The van der Waals surface area contributed by atoms with Crippen LogP contribution in [0.1, 0.15) is 40.0 Å². The number of unbranched alkanes of at least 4 members (excludes halogenated alkanes) is 1. The molecule has 0 amide bonds. The second-order valence-corrected chi connectivity index (χ2v) is 4.35. The van der Waals surface area contributed by atoms with Gasteiger partial charge < -0.3 is 14.9 Å². The average molecular weight is 232 g/mol. The normalized spacial score (nSPS) is 18.6. The predicted octanol–water partition coefficient (Wildman–Crippen LogP) is 1.34. The molecule has 0 aliphatic rings. The number of methoxy groups -OCH3 is 1. The van der Waals surface area contributed by atoms with Crippen molar-refractivity contribution in [1.29, 1.82) is 0 Å². The van der Waals surface area contributed by atoms with E-state index in [1.165, 1.54) is 7.11 Å². The summed E-state index contributed by atoms with van der Waals surface area (Å²) in [5.74, 6) is -1.30. The molecule has 0 heterocycles. The Bertz CT molecular complexity index is 203. The summed E-state index contributed by atoms with van der Waals surface area (Å²) in [7, 11) is 1.30. The molecular weight excluding hydrogens is 208 g/mol. The Morgan fingerprint density at radius 2 is 1.88 bits per heavy atom. The largest absolute Gasteiger partial charge is 0.469 e. The number of aliphatic hydroxyl groups excluding tert-OH is 2. The van der Waals surface area contributed by atoms with Gasteiger partial charge in [-0.3, -0.25) is 4.79 Å². The van der Waals surface area contributed by atoms with Gasteiger partial charge in [0.2, 0.25) is 0 Å². The standard InChI is InChI=1S/C12H24O4/c1-5-6-7-10(9(3)13)11(14)8(2)12(15)16-4/h8-11,13-14H,5-7H2,1-4H3/t8-,9+,10-,11-/m1/s1. The second-order valence-electron chi connectivity index (χ2n) is 4.35. The summed E-state index contributed by atoms with van der Waals surface area (Å²) >= 11 is 0. The number of rotatable bonds is 7. The van der Waals surface area contributed by atoms with Gasteiger partial charge >= 0.3 is 5.97 Å². The molecule has 4 heteroatoms. The molecule has 0 unspecified atom stereocenters. The Hall–Kier alpha value is -0.610. The third-order valence-corrected chi connectivity index (χ3v) is 3.03. The Morgan fingerprint density at radius 3 is 2.25 bits per heavy atom. The van der Waals surface area contributed by atoms with Crippen molar-refractivity contribution in [3.8, 4) is 0 Å². The Labute approximate surface area is 97.6 Å². The van der Waals surface area contributed by atoms with E-state index in [0.29, 0.717) is 0 Å². The molecular formula is C12H24O4. The molecule has 0 fully saturated rings. The zero-order chi connectivity index (χ0) is 12.7. The molecule has 0 aliphatic carbocycles. The zero-order valence-corrected chi connectivity index (χ0v) is 10.6. The van der Waals surface area contributed by atoms with Crippen LogP contribution in [0.2, 0.25) is 0 Å². The molecule has 16 heavy (non-hydrogen) atoms. The number of esters is 1. The third-order valence-electron chi connectivity index (χ3n) is 3.03. The fourth-order valence-corrected chi connectivity index (χ4v) is 1.83. The van der Waals surface area contributed by atoms with E-state index >= 15 is 0 Å². The van der Waals surface area contributed by atoms with Crippen LogP contribution >= 0.6 is 0 Å². The van der Waals surface area contributed by atoms with E-state index in [2.05, 4.69) is 11.7 Å². The lowest BCUT2D eigenvalue weighted by Crippen LogP contribution is -2.38. The summed E-state index contributed by atoms with van der Waals surface area (Å²) in [4.78, 5) is 11.3. The van der Waals surface area contributed by atoms with Crippen LogP contribution in [-0.4, -0.2) is 35.5 Å². The van der Waals surface area contributed by atoms with Crippen molar-refractivity contribution in [3.63, 3.8) is 0 Å². The zero-order valence-electron chi connectivity index (χ0n) is 10.6. The maximum absolute atomic E-state index is 11.3. The van der Waals surface area contributed by atoms with Gasteiger partial charge in [0.25, 0.3) is 0 Å². The van der Waals surface area contributed by atoms with Gasteiger partial charge in [-0.2, -0.15) is 0 Å². The highest BCUT2D eigenvalue weighted by atomic mass is 16.5. The summed E-state index contributed by atoms with van der Waals surface area (Å²) < 4.78 is 4.59. The van der Waals surface area contributed by atoms with Crippen LogP contribution in [0.4, 0.5) is 0 Å². The van der Waals surface area contributed by atoms with E-state index in [1.807, 2.05) is 0 Å². The minimum atomic E-state index is -0.848. The first-order chi connectivity index (χ1) is 7.45. The highest BCUT2D eigenvalue weighted by Gasteiger charge is 2.32. The summed E-state index contributed by atoms with van der Waals surface area (Å²) in [6.45, 7) is 5.32. The molecule has 0 aliphatic heterocycles. The fourth-order valence-electron chi connectivity index (χ4n) is 1.83. The molecule has 0 saturated heterocycles. The lowest BCUT2D eigenvalue weighted by Gasteiger charge is -2.28. The van der Waals surface area contributed by atoms with Crippen LogP contribution in [0.5, 0.6) is 0 Å². The lowest BCUT2D eigenvalue weighted by molar-refractivity contribution is -0.151. The summed E-state index contributed by atoms with van der Waals surface area (Å²) in [6, 6.07) is 0. The minimum Gasteiger partial charge on any atom is -0.469 e. The number of aliphatic hydroxyl groups is 2. The molecule has 0 aromatic heterocycles. The van der Waals surface area contributed by atoms with E-state index in [9.17, 15) is 15.0 Å². The molecule has 2 N–H and O–H groups in total. The molecule has 4 atom stereocenters. The van der Waals surface area contributed by atoms with Crippen LogP contribution in [0.15, 0.2) is 0 Å². The van der Waals surface area contributed by atoms with Crippen molar-refractivity contribution >= 4 is 5.97 Å². The van der Waals surface area contributed by atoms with Gasteiger partial charge in [0.05, 0.1) is 25.2 Å². The van der Waals surface area contributed by atoms with E-state index in [4.69, 9.17) is 0 Å². The molecule has 0 rings (SSSR count). The topological polar surface area (TPSA) is 66.8 Å². The van der Waals surface area contributed by atoms with Gasteiger partial charge in [-0.15, -0.1) is 0 Å². The van der Waals surface area contributed by atoms with E-state index in [0.717, 1.165) is 19.3 Å². The molecule has 0 radical (unpaired) electrons. The highest BCUT2D eigenvalue weighted by molar-refractivity contribution is 5.72. The molecule has 0 aromatic carbocycles. The first kappa shape index (κ1) is 15.4. The number of carbonyl (C=O) groups is 1. The molecule has 96 valence electrons. The van der Waals surface area contributed by atoms with Gasteiger partial charge in [0.15, 0.2) is 0 Å². The van der Waals surface area contributed by atoms with Gasteiger partial charge in [-0.1, -0.05) is 19.8 Å². The molecule has 4 nitrogen and oxygen atoms in total. The van der Waals surface area contributed by atoms with Crippen molar-refractivity contribution in [2.75, 3.05) is 7.11 Å². The van der Waals surface area contributed by atoms with Crippen LogP contribution in [0.25, 0.3) is 0 Å². The third kappa shape index (κ3) is 4.49. The SMILES string of the molecule is CCCC[C@@H]([C@H](O)[C@@H](C)C(=O)OC)[C@H](C)O. The maximum atomic E-state index is 11.3. The minimum absolute atomic E-state index is 0.269. The van der Waals surface area contributed by atoms with Crippen molar-refractivity contribution in [2.24, 2.45) is 11.8 Å². The monoisotopic (exact) mass is 232 g/mol. The number of ether oxygens (including phenoxy) is 1. The average Bonchev–Trinajstić information content (AvgIpc) is 2.26. The van der Waals surface area contributed by atoms with Gasteiger partial charge in [0, 0.05) is 5.92 Å². The van der Waals surface area contributed by atoms with Gasteiger partial charge in [0.1, 0.15) is 0 Å². The lowest BCUT2D eigenvalue weighted by atomic mass is 9.85. The fraction of sp³-hybridized carbons (Fsp3) is 0.917. The van der Waals surface area contributed by atoms with E-state index in [1.54, 1.807) is 13.8 Å². The van der Waals surface area contributed by atoms with Crippen molar-refractivity contribution in [1.82, 2.24) is 0 Å². The number of carbonyl (C=O) groups excluding carboxylic acids is 1. The van der Waals surface area contributed by atoms with Crippen molar-refractivity contribution in [3.05, 3.63) is 0 Å². The first-order valence-corrected chi connectivity index (χ1v) is 5.89. The quantitative estimate of drug-likeness (QED) is 0.650. The Morgan fingerprint density at radius 1 is 1.31 bits per heavy atom. The maximum Gasteiger partial charge on any atom is 0.311 e. The summed E-state index contributed by atoms with van der Waals surface area (Å²) in [6.07, 6.45) is 1.19. The molecule has 0 saturated carbocycles. The van der Waals surface area contributed by atoms with Crippen molar-refractivity contribution < 1.29 is 19.7 Å². The summed E-state index contributed by atoms with van der Waals surface area (Å²) in [5, 5.41) is 19.6. The highest BCUT2D eigenvalue weighted by Crippen LogP contribution is 2.23. The molecule has 0 spiro atoms. The van der Waals surface area contributed by atoms with Gasteiger partial charge in [-0.05, 0) is 20.3 Å². The Kier molecular flexibility index (Phi) is 7.34. The van der Waals surface area contributed by atoms with Crippen LogP contribution in [-0.2, 0) is 9.53 Å². The van der Waals surface area contributed by atoms with E-state index < -0.39 is 24.1 Å². The molecule has 0 bridgehead atoms. The van der Waals surface area contributed by atoms with Crippen molar-refractivity contribution in [2.45, 2.75) is 52.2 Å². The van der Waals surface area contributed by atoms with Crippen LogP contribution in [0, 0.1) is 11.8 Å². The van der Waals surface area contributed by atoms with Crippen LogP contribution < -0.4 is 0 Å². The smallest absolute Gasteiger partial charge is 0.311 e. The first-order valence-electron chi connectivity index (χ1n) is 5.89.